The van der Waals surface area contributed by atoms with E-state index in [0.29, 0.717) is 48.9 Å². The van der Waals surface area contributed by atoms with Crippen LogP contribution in [0.1, 0.15) is 30.9 Å². The zero-order chi connectivity index (χ0) is 23.2. The van der Waals surface area contributed by atoms with Crippen molar-refractivity contribution in [2.24, 2.45) is 5.92 Å². The molecule has 0 atom stereocenters. The number of piperidine rings is 1. The number of aryl methyl sites for hydroxylation is 1. The van der Waals surface area contributed by atoms with E-state index >= 15 is 0 Å². The van der Waals surface area contributed by atoms with Crippen molar-refractivity contribution in [1.82, 2.24) is 15.3 Å². The minimum Gasteiger partial charge on any atom is -0.436 e. The van der Waals surface area contributed by atoms with Crippen LogP contribution >= 0.6 is 0 Å². The molecule has 0 saturated carbocycles. The maximum absolute atomic E-state index is 13.3. The fourth-order valence-electron chi connectivity index (χ4n) is 3.91. The summed E-state index contributed by atoms with van der Waals surface area (Å²) in [7, 11) is 0. The van der Waals surface area contributed by atoms with Crippen LogP contribution in [0, 0.1) is 17.6 Å². The number of rotatable bonds is 7. The fourth-order valence-corrected chi connectivity index (χ4v) is 3.91. The number of hydrogen-bond donors (Lipinski definition) is 1. The van der Waals surface area contributed by atoms with Crippen LogP contribution in [0.4, 0.5) is 14.6 Å². The first-order chi connectivity index (χ1) is 16.0. The lowest BCUT2D eigenvalue weighted by Gasteiger charge is -2.32. The third kappa shape index (κ3) is 5.83. The number of nitrogens with one attached hydrogen (secondary N) is 1. The highest BCUT2D eigenvalue weighted by Gasteiger charge is 2.27. The van der Waals surface area contributed by atoms with E-state index in [1.807, 2.05) is 24.3 Å². The third-order valence-electron chi connectivity index (χ3n) is 5.75. The summed E-state index contributed by atoms with van der Waals surface area (Å²) in [5.41, 5.74) is 1.62. The second kappa shape index (κ2) is 10.4. The molecule has 0 bridgehead atoms. The first kappa shape index (κ1) is 22.6. The predicted molar refractivity (Wildman–Crippen MR) is 121 cm³/mol. The van der Waals surface area contributed by atoms with Crippen LogP contribution in [-0.4, -0.2) is 29.0 Å². The average molecular weight is 453 g/mol. The maximum Gasteiger partial charge on any atom is 0.263 e. The van der Waals surface area contributed by atoms with Gasteiger partial charge in [-0.05, 0) is 54.7 Å². The average Bonchev–Trinajstić information content (AvgIpc) is 2.83. The summed E-state index contributed by atoms with van der Waals surface area (Å²) in [4.78, 5) is 23.5. The number of amides is 1. The number of ether oxygens (including phenoxy) is 1. The Labute approximate surface area is 191 Å². The Morgan fingerprint density at radius 1 is 1.03 bits per heavy atom. The van der Waals surface area contributed by atoms with Gasteiger partial charge >= 0.3 is 0 Å². The van der Waals surface area contributed by atoms with Gasteiger partial charge < -0.3 is 15.0 Å². The van der Waals surface area contributed by atoms with E-state index in [-0.39, 0.29) is 18.4 Å². The Morgan fingerprint density at radius 3 is 2.36 bits per heavy atom. The van der Waals surface area contributed by atoms with E-state index < -0.39 is 11.6 Å². The van der Waals surface area contributed by atoms with Crippen LogP contribution in [0.2, 0.25) is 0 Å². The summed E-state index contributed by atoms with van der Waals surface area (Å²) in [6.07, 6.45) is 5.43. The molecule has 1 saturated heterocycles. The Bertz CT molecular complexity index is 1080. The number of benzene rings is 2. The zero-order valence-corrected chi connectivity index (χ0v) is 18.4. The molecule has 8 heteroatoms. The Kier molecular flexibility index (Phi) is 7.12. The second-order valence-electron chi connectivity index (χ2n) is 8.04. The second-order valence-corrected chi connectivity index (χ2v) is 8.04. The molecule has 0 unspecified atom stereocenters. The molecule has 0 radical (unpaired) electrons. The van der Waals surface area contributed by atoms with Crippen LogP contribution < -0.4 is 15.0 Å². The fraction of sp³-hybridized carbons (Fsp3) is 0.320. The van der Waals surface area contributed by atoms with Gasteiger partial charge in [0.1, 0.15) is 17.4 Å². The SMILES string of the molecule is CCc1ccc(Oc2nccnc2N2CCC(C(=O)NCc3cc(F)cc(F)c3)CC2)cc1. The van der Waals surface area contributed by atoms with Crippen molar-refractivity contribution in [2.45, 2.75) is 32.7 Å². The number of carbonyl (C=O) groups is 1. The quantitative estimate of drug-likeness (QED) is 0.566. The molecule has 6 nitrogen and oxygen atoms in total. The summed E-state index contributed by atoms with van der Waals surface area (Å²) < 4.78 is 32.7. The van der Waals surface area contributed by atoms with Crippen molar-refractivity contribution in [3.05, 3.63) is 77.6 Å². The predicted octanol–water partition coefficient (Wildman–Crippen LogP) is 4.64. The first-order valence-corrected chi connectivity index (χ1v) is 11.1. The third-order valence-corrected chi connectivity index (χ3v) is 5.75. The van der Waals surface area contributed by atoms with Crippen molar-refractivity contribution in [2.75, 3.05) is 18.0 Å². The minimum atomic E-state index is -0.657. The van der Waals surface area contributed by atoms with Gasteiger partial charge in [-0.25, -0.2) is 18.7 Å². The first-order valence-electron chi connectivity index (χ1n) is 11.1. The Hall–Kier alpha value is -3.55. The number of hydrogen-bond acceptors (Lipinski definition) is 5. The van der Waals surface area contributed by atoms with Crippen LogP contribution in [-0.2, 0) is 17.8 Å². The van der Waals surface area contributed by atoms with Crippen molar-refractivity contribution in [3.8, 4) is 11.6 Å². The summed E-state index contributed by atoms with van der Waals surface area (Å²) in [5.74, 6) is 0.154. The van der Waals surface area contributed by atoms with E-state index in [9.17, 15) is 13.6 Å². The van der Waals surface area contributed by atoms with Gasteiger partial charge in [-0.2, -0.15) is 0 Å². The highest BCUT2D eigenvalue weighted by molar-refractivity contribution is 5.79. The standard InChI is InChI=1S/C25H26F2N4O2/c1-2-17-3-5-22(6-4-17)33-25-23(28-9-10-29-25)31-11-7-19(8-12-31)24(32)30-16-18-13-20(26)15-21(27)14-18/h3-6,9-10,13-15,19H,2,7-8,11-12,16H2,1H3,(H,30,32). The van der Waals surface area contributed by atoms with Gasteiger partial charge in [0.25, 0.3) is 5.88 Å². The molecule has 1 aromatic heterocycles. The molecule has 0 spiro atoms. The summed E-state index contributed by atoms with van der Waals surface area (Å²) in [6, 6.07) is 11.1. The lowest BCUT2D eigenvalue weighted by atomic mass is 9.96. The molecule has 1 amide bonds. The normalized spacial score (nSPS) is 14.2. The van der Waals surface area contributed by atoms with Gasteiger partial charge in [-0.3, -0.25) is 4.79 Å². The Morgan fingerprint density at radius 2 is 1.70 bits per heavy atom. The largest absolute Gasteiger partial charge is 0.436 e. The summed E-state index contributed by atoms with van der Waals surface area (Å²) in [5, 5.41) is 2.79. The number of aromatic nitrogens is 2. The molecule has 1 aliphatic rings. The van der Waals surface area contributed by atoms with Crippen LogP contribution in [0.5, 0.6) is 11.6 Å². The van der Waals surface area contributed by atoms with Crippen LogP contribution in [0.3, 0.4) is 0 Å². The van der Waals surface area contributed by atoms with Gasteiger partial charge in [-0.1, -0.05) is 19.1 Å². The minimum absolute atomic E-state index is 0.0900. The molecule has 1 fully saturated rings. The number of halogens is 2. The molecule has 3 aromatic rings. The monoisotopic (exact) mass is 452 g/mol. The molecule has 2 heterocycles. The van der Waals surface area contributed by atoms with E-state index in [1.54, 1.807) is 12.4 Å². The molecule has 2 aromatic carbocycles. The van der Waals surface area contributed by atoms with E-state index in [4.69, 9.17) is 4.74 Å². The number of carbonyl (C=O) groups excluding carboxylic acids is 1. The molecular formula is C25H26F2N4O2. The van der Waals surface area contributed by atoms with Crippen molar-refractivity contribution >= 4 is 11.7 Å². The molecule has 33 heavy (non-hydrogen) atoms. The topological polar surface area (TPSA) is 67.4 Å². The van der Waals surface area contributed by atoms with Crippen molar-refractivity contribution < 1.29 is 18.3 Å². The lowest BCUT2D eigenvalue weighted by molar-refractivity contribution is -0.125. The molecule has 1 aliphatic heterocycles. The highest BCUT2D eigenvalue weighted by atomic mass is 19.1. The molecule has 0 aliphatic carbocycles. The van der Waals surface area contributed by atoms with Gasteiger partial charge in [0.2, 0.25) is 5.91 Å². The Balaban J connectivity index is 1.34. The number of anilines is 1. The lowest BCUT2D eigenvalue weighted by Crippen LogP contribution is -2.40. The molecule has 1 N–H and O–H groups in total. The smallest absolute Gasteiger partial charge is 0.263 e. The summed E-state index contributed by atoms with van der Waals surface area (Å²) >= 11 is 0. The van der Waals surface area contributed by atoms with E-state index in [1.165, 1.54) is 17.7 Å². The zero-order valence-electron chi connectivity index (χ0n) is 18.4. The van der Waals surface area contributed by atoms with Crippen molar-refractivity contribution in [1.29, 1.82) is 0 Å². The maximum atomic E-state index is 13.3. The van der Waals surface area contributed by atoms with Gasteiger partial charge in [-0.15, -0.1) is 0 Å². The summed E-state index contributed by atoms with van der Waals surface area (Å²) in [6.45, 7) is 3.43. The van der Waals surface area contributed by atoms with Gasteiger partial charge in [0.05, 0.1) is 0 Å². The van der Waals surface area contributed by atoms with Crippen LogP contribution in [0.15, 0.2) is 54.9 Å². The molecule has 4 rings (SSSR count). The van der Waals surface area contributed by atoms with Crippen LogP contribution in [0.25, 0.3) is 0 Å². The van der Waals surface area contributed by atoms with E-state index in [0.717, 1.165) is 12.5 Å². The van der Waals surface area contributed by atoms with Crippen molar-refractivity contribution in [3.63, 3.8) is 0 Å². The van der Waals surface area contributed by atoms with Gasteiger partial charge in [0.15, 0.2) is 5.82 Å². The van der Waals surface area contributed by atoms with Gasteiger partial charge in [0, 0.05) is 44.0 Å². The molecule has 172 valence electrons. The molecular weight excluding hydrogens is 426 g/mol. The highest BCUT2D eigenvalue weighted by Crippen LogP contribution is 2.31. The number of nitrogens with zero attached hydrogens (tertiary/aromatic N) is 3. The van der Waals surface area contributed by atoms with E-state index in [2.05, 4.69) is 27.1 Å².